The molecule has 0 N–H and O–H groups in total. The van der Waals surface area contributed by atoms with E-state index in [1.54, 1.807) is 35.5 Å². The van der Waals surface area contributed by atoms with Gasteiger partial charge in [-0.1, -0.05) is 6.07 Å². The third-order valence-electron chi connectivity index (χ3n) is 3.35. The Bertz CT molecular complexity index is 627. The average Bonchev–Trinajstić information content (AvgIpc) is 2.61. The maximum absolute atomic E-state index is 5.16. The molecule has 24 heavy (non-hydrogen) atoms. The van der Waals surface area contributed by atoms with Gasteiger partial charge in [0.15, 0.2) is 23.0 Å². The van der Waals surface area contributed by atoms with Crippen molar-refractivity contribution in [2.75, 3.05) is 35.5 Å². The predicted molar refractivity (Wildman–Crippen MR) is 95.1 cm³/mol. The van der Waals surface area contributed by atoms with Crippen molar-refractivity contribution in [1.82, 2.24) is 0 Å². The SMILES string of the molecule is COc1cc(C)cc(OC)c1OC.COc1ccc(C)cc1OC. The molecule has 0 fully saturated rings. The fourth-order valence-electron chi connectivity index (χ4n) is 2.16. The molecule has 2 aromatic rings. The topological polar surface area (TPSA) is 46.2 Å². The Morgan fingerprint density at radius 3 is 1.38 bits per heavy atom. The minimum absolute atomic E-state index is 0.635. The van der Waals surface area contributed by atoms with Crippen LogP contribution in [0, 0.1) is 13.8 Å². The minimum Gasteiger partial charge on any atom is -0.493 e. The van der Waals surface area contributed by atoms with Gasteiger partial charge in [0, 0.05) is 0 Å². The second-order valence-electron chi connectivity index (χ2n) is 5.06. The molecule has 0 aliphatic rings. The lowest BCUT2D eigenvalue weighted by molar-refractivity contribution is 0.324. The van der Waals surface area contributed by atoms with Crippen LogP contribution in [0.3, 0.4) is 0 Å². The van der Waals surface area contributed by atoms with Crippen LogP contribution in [0.2, 0.25) is 0 Å². The van der Waals surface area contributed by atoms with Gasteiger partial charge >= 0.3 is 0 Å². The zero-order chi connectivity index (χ0) is 18.1. The highest BCUT2D eigenvalue weighted by Crippen LogP contribution is 2.37. The molecule has 0 aliphatic carbocycles. The first-order valence-electron chi connectivity index (χ1n) is 7.45. The summed E-state index contributed by atoms with van der Waals surface area (Å²) in [5, 5.41) is 0. The molecule has 0 saturated carbocycles. The first kappa shape index (κ1) is 19.5. The van der Waals surface area contributed by atoms with E-state index in [4.69, 9.17) is 23.7 Å². The van der Waals surface area contributed by atoms with Crippen LogP contribution in [0.25, 0.3) is 0 Å². The number of rotatable bonds is 5. The zero-order valence-electron chi connectivity index (χ0n) is 15.4. The lowest BCUT2D eigenvalue weighted by Crippen LogP contribution is -1.95. The Hall–Kier alpha value is -2.56. The van der Waals surface area contributed by atoms with Gasteiger partial charge in [0.1, 0.15) is 0 Å². The summed E-state index contributed by atoms with van der Waals surface area (Å²) in [5.41, 5.74) is 2.25. The van der Waals surface area contributed by atoms with Gasteiger partial charge in [0.2, 0.25) is 5.75 Å². The molecule has 0 atom stereocenters. The Balaban J connectivity index is 0.000000243. The molecule has 2 aromatic carbocycles. The first-order chi connectivity index (χ1) is 11.5. The summed E-state index contributed by atoms with van der Waals surface area (Å²) in [7, 11) is 8.08. The standard InChI is InChI=1S/C10H14O3.C9H12O2/c1-7-5-8(11-2)10(13-4)9(6-7)12-3;1-7-4-5-8(10-2)9(6-7)11-3/h5-6H,1-4H3;4-6H,1-3H3. The highest BCUT2D eigenvalue weighted by molar-refractivity contribution is 5.53. The van der Waals surface area contributed by atoms with Crippen molar-refractivity contribution in [3.63, 3.8) is 0 Å². The van der Waals surface area contributed by atoms with Crippen molar-refractivity contribution < 1.29 is 23.7 Å². The van der Waals surface area contributed by atoms with E-state index in [-0.39, 0.29) is 0 Å². The number of methoxy groups -OCH3 is 5. The van der Waals surface area contributed by atoms with E-state index < -0.39 is 0 Å². The van der Waals surface area contributed by atoms with Gasteiger partial charge < -0.3 is 23.7 Å². The van der Waals surface area contributed by atoms with Crippen molar-refractivity contribution in [1.29, 1.82) is 0 Å². The van der Waals surface area contributed by atoms with Crippen LogP contribution >= 0.6 is 0 Å². The summed E-state index contributed by atoms with van der Waals surface area (Å²) in [6.07, 6.45) is 0. The minimum atomic E-state index is 0.635. The van der Waals surface area contributed by atoms with E-state index in [1.807, 2.05) is 44.2 Å². The van der Waals surface area contributed by atoms with Crippen LogP contribution in [-0.2, 0) is 0 Å². The predicted octanol–water partition coefficient (Wildman–Crippen LogP) is 4.03. The summed E-state index contributed by atoms with van der Waals surface area (Å²) in [4.78, 5) is 0. The number of hydrogen-bond donors (Lipinski definition) is 0. The second kappa shape index (κ2) is 9.55. The molecule has 132 valence electrons. The largest absolute Gasteiger partial charge is 0.493 e. The summed E-state index contributed by atoms with van der Waals surface area (Å²) < 4.78 is 25.6. The van der Waals surface area contributed by atoms with Crippen LogP contribution in [-0.4, -0.2) is 35.5 Å². The molecule has 0 spiro atoms. The highest BCUT2D eigenvalue weighted by atomic mass is 16.5. The molecule has 0 aromatic heterocycles. The zero-order valence-corrected chi connectivity index (χ0v) is 15.4. The van der Waals surface area contributed by atoms with E-state index in [1.165, 1.54) is 5.56 Å². The fraction of sp³-hybridized carbons (Fsp3) is 0.368. The number of aryl methyl sites for hydroxylation is 2. The van der Waals surface area contributed by atoms with Gasteiger partial charge in [0.05, 0.1) is 35.5 Å². The van der Waals surface area contributed by atoms with Crippen molar-refractivity contribution >= 4 is 0 Å². The lowest BCUT2D eigenvalue weighted by Gasteiger charge is -2.12. The van der Waals surface area contributed by atoms with Crippen LogP contribution in [0.5, 0.6) is 28.7 Å². The van der Waals surface area contributed by atoms with Crippen LogP contribution < -0.4 is 23.7 Å². The molecule has 0 heterocycles. The van der Waals surface area contributed by atoms with Crippen LogP contribution in [0.4, 0.5) is 0 Å². The van der Waals surface area contributed by atoms with Gasteiger partial charge in [-0.15, -0.1) is 0 Å². The molecular formula is C19H26O5. The van der Waals surface area contributed by atoms with Crippen molar-refractivity contribution in [3.8, 4) is 28.7 Å². The second-order valence-corrected chi connectivity index (χ2v) is 5.06. The quantitative estimate of drug-likeness (QED) is 0.826. The molecule has 0 aliphatic heterocycles. The van der Waals surface area contributed by atoms with Gasteiger partial charge in [-0.3, -0.25) is 0 Å². The smallest absolute Gasteiger partial charge is 0.203 e. The normalized spacial score (nSPS) is 9.46. The van der Waals surface area contributed by atoms with E-state index >= 15 is 0 Å². The molecule has 0 bridgehead atoms. The fourth-order valence-corrected chi connectivity index (χ4v) is 2.16. The molecule has 2 rings (SSSR count). The van der Waals surface area contributed by atoms with Crippen LogP contribution in [0.15, 0.2) is 30.3 Å². The Morgan fingerprint density at radius 2 is 0.958 bits per heavy atom. The molecule has 5 nitrogen and oxygen atoms in total. The van der Waals surface area contributed by atoms with Gasteiger partial charge in [-0.05, 0) is 49.2 Å². The first-order valence-corrected chi connectivity index (χ1v) is 7.45. The van der Waals surface area contributed by atoms with Crippen molar-refractivity contribution in [3.05, 3.63) is 41.5 Å². The molecule has 0 radical (unpaired) electrons. The third kappa shape index (κ3) is 4.98. The van der Waals surface area contributed by atoms with Gasteiger partial charge in [0.25, 0.3) is 0 Å². The van der Waals surface area contributed by atoms with Gasteiger partial charge in [-0.2, -0.15) is 0 Å². The Morgan fingerprint density at radius 1 is 0.500 bits per heavy atom. The summed E-state index contributed by atoms with van der Waals surface area (Å²) in [6.45, 7) is 3.99. The maximum atomic E-state index is 5.16. The van der Waals surface area contributed by atoms with E-state index in [0.717, 1.165) is 17.1 Å². The molecule has 5 heteroatoms. The maximum Gasteiger partial charge on any atom is 0.203 e. The monoisotopic (exact) mass is 334 g/mol. The molecular weight excluding hydrogens is 308 g/mol. The summed E-state index contributed by atoms with van der Waals surface area (Å²) >= 11 is 0. The Kier molecular flexibility index (Phi) is 7.75. The summed E-state index contributed by atoms with van der Waals surface area (Å²) in [5.74, 6) is 3.58. The number of hydrogen-bond acceptors (Lipinski definition) is 5. The third-order valence-corrected chi connectivity index (χ3v) is 3.35. The van der Waals surface area contributed by atoms with E-state index in [2.05, 4.69) is 0 Å². The molecule has 0 amide bonds. The molecule has 0 saturated heterocycles. The van der Waals surface area contributed by atoms with Gasteiger partial charge in [-0.25, -0.2) is 0 Å². The Labute approximate surface area is 144 Å². The highest BCUT2D eigenvalue weighted by Gasteiger charge is 2.10. The number of ether oxygens (including phenoxy) is 5. The van der Waals surface area contributed by atoms with E-state index in [9.17, 15) is 0 Å². The van der Waals surface area contributed by atoms with Crippen LogP contribution in [0.1, 0.15) is 11.1 Å². The summed E-state index contributed by atoms with van der Waals surface area (Å²) in [6, 6.07) is 9.64. The van der Waals surface area contributed by atoms with Crippen molar-refractivity contribution in [2.45, 2.75) is 13.8 Å². The van der Waals surface area contributed by atoms with Crippen molar-refractivity contribution in [2.24, 2.45) is 0 Å². The molecule has 0 unspecified atom stereocenters. The lowest BCUT2D eigenvalue weighted by atomic mass is 10.2. The number of benzene rings is 2. The average molecular weight is 334 g/mol. The van der Waals surface area contributed by atoms with E-state index in [0.29, 0.717) is 17.2 Å².